The molecule has 0 fully saturated rings. The minimum absolute atomic E-state index is 0.317. The molecule has 4 heterocycles. The monoisotopic (exact) mass is 467 g/mol. The molecule has 2 N–H and O–H groups in total. The summed E-state index contributed by atoms with van der Waals surface area (Å²) in [6.45, 7) is 0. The molecule has 9 heteroatoms. The highest BCUT2D eigenvalue weighted by Crippen LogP contribution is 2.35. The van der Waals surface area contributed by atoms with Crippen LogP contribution in [-0.2, 0) is 0 Å². The van der Waals surface area contributed by atoms with Crippen LogP contribution < -0.4 is 4.90 Å². The maximum absolute atomic E-state index is 15.9. The normalized spacial score (nSPS) is 11.4. The lowest BCUT2D eigenvalue weighted by atomic mass is 10.0. The van der Waals surface area contributed by atoms with Gasteiger partial charge in [-0.25, -0.2) is 13.8 Å². The smallest absolute Gasteiger partial charge is 0.159 e. The lowest BCUT2D eigenvalue weighted by molar-refractivity contribution is 0.628. The Morgan fingerprint density at radius 3 is 2.60 bits per heavy atom. The van der Waals surface area contributed by atoms with Gasteiger partial charge in [0.25, 0.3) is 0 Å². The molecule has 0 amide bonds. The van der Waals surface area contributed by atoms with E-state index in [2.05, 4.69) is 30.1 Å². The van der Waals surface area contributed by atoms with Gasteiger partial charge in [0.1, 0.15) is 22.8 Å². The second kappa shape index (κ2) is 7.98. The third-order valence-corrected chi connectivity index (χ3v) is 5.94. The second-order valence-electron chi connectivity index (χ2n) is 8.40. The molecule has 0 unspecified atom stereocenters. The predicted octanol–water partition coefficient (Wildman–Crippen LogP) is 5.57. The first-order chi connectivity index (χ1) is 17.0. The number of hydrogen-bond donors (Lipinski definition) is 2. The zero-order valence-electron chi connectivity index (χ0n) is 18.8. The first-order valence-corrected chi connectivity index (χ1v) is 10.9. The van der Waals surface area contributed by atoms with Crippen molar-refractivity contribution in [2.45, 2.75) is 0 Å². The Kier molecular flexibility index (Phi) is 4.77. The van der Waals surface area contributed by atoms with Gasteiger partial charge in [-0.05, 0) is 36.4 Å². The van der Waals surface area contributed by atoms with E-state index in [4.69, 9.17) is 0 Å². The fourth-order valence-electron chi connectivity index (χ4n) is 4.18. The molecule has 6 rings (SSSR count). The number of aromatic nitrogens is 6. The van der Waals surface area contributed by atoms with Gasteiger partial charge in [-0.15, -0.1) is 0 Å². The van der Waals surface area contributed by atoms with E-state index in [1.165, 1.54) is 12.1 Å². The molecule has 7 nitrogen and oxygen atoms in total. The van der Waals surface area contributed by atoms with Crippen molar-refractivity contribution in [3.63, 3.8) is 0 Å². The van der Waals surface area contributed by atoms with Crippen molar-refractivity contribution in [2.75, 3.05) is 19.0 Å². The molecule has 2 aromatic carbocycles. The van der Waals surface area contributed by atoms with Gasteiger partial charge in [-0.1, -0.05) is 12.1 Å². The highest BCUT2D eigenvalue weighted by molar-refractivity contribution is 5.98. The highest BCUT2D eigenvalue weighted by Gasteiger charge is 2.21. The van der Waals surface area contributed by atoms with E-state index in [0.29, 0.717) is 55.8 Å². The summed E-state index contributed by atoms with van der Waals surface area (Å²) in [5.41, 5.74) is 5.18. The summed E-state index contributed by atoms with van der Waals surface area (Å²) in [7, 11) is 3.81. The van der Waals surface area contributed by atoms with E-state index in [-0.39, 0.29) is 5.82 Å². The van der Waals surface area contributed by atoms with E-state index >= 15 is 4.39 Å². The van der Waals surface area contributed by atoms with Crippen molar-refractivity contribution < 1.29 is 8.78 Å². The Bertz CT molecular complexity index is 1720. The lowest BCUT2D eigenvalue weighted by Crippen LogP contribution is -2.08. The van der Waals surface area contributed by atoms with Crippen molar-refractivity contribution in [1.82, 2.24) is 30.1 Å². The van der Waals surface area contributed by atoms with Crippen molar-refractivity contribution in [3.8, 4) is 33.9 Å². The first-order valence-electron chi connectivity index (χ1n) is 10.9. The third kappa shape index (κ3) is 3.48. The molecule has 4 aromatic heterocycles. The molecule has 0 saturated heterocycles. The number of halogens is 2. The summed E-state index contributed by atoms with van der Waals surface area (Å²) in [6.07, 6.45) is 4.98. The van der Waals surface area contributed by atoms with Crippen LogP contribution in [0.15, 0.2) is 67.1 Å². The summed E-state index contributed by atoms with van der Waals surface area (Å²) in [4.78, 5) is 18.5. The summed E-state index contributed by atoms with van der Waals surface area (Å²) in [5, 5.41) is 7.57. The number of nitrogens with one attached hydrogen (secondary N) is 2. The molecule has 0 spiro atoms. The molecule has 0 aliphatic rings. The Labute approximate surface area is 198 Å². The summed E-state index contributed by atoms with van der Waals surface area (Å²) >= 11 is 0. The Morgan fingerprint density at radius 1 is 0.886 bits per heavy atom. The third-order valence-electron chi connectivity index (χ3n) is 5.94. The quantitative estimate of drug-likeness (QED) is 0.354. The molecular formula is C26H19F2N7. The van der Waals surface area contributed by atoms with Crippen LogP contribution >= 0.6 is 0 Å². The number of pyridine rings is 2. The number of imidazole rings is 1. The summed E-state index contributed by atoms with van der Waals surface area (Å²) in [6, 6.07) is 13.3. The van der Waals surface area contributed by atoms with Crippen LogP contribution in [0, 0.1) is 11.6 Å². The van der Waals surface area contributed by atoms with Gasteiger partial charge < -0.3 is 9.88 Å². The summed E-state index contributed by atoms with van der Waals surface area (Å²) < 4.78 is 29.7. The molecule has 6 aromatic rings. The average Bonchev–Trinajstić information content (AvgIpc) is 3.49. The molecule has 35 heavy (non-hydrogen) atoms. The van der Waals surface area contributed by atoms with Crippen molar-refractivity contribution >= 4 is 27.6 Å². The maximum Gasteiger partial charge on any atom is 0.159 e. The molecule has 0 saturated carbocycles. The van der Waals surface area contributed by atoms with Crippen LogP contribution in [0.5, 0.6) is 0 Å². The van der Waals surface area contributed by atoms with Gasteiger partial charge in [-0.3, -0.25) is 15.1 Å². The number of aromatic amines is 2. The minimum atomic E-state index is -0.423. The number of benzene rings is 2. The van der Waals surface area contributed by atoms with Gasteiger partial charge in [0.15, 0.2) is 5.82 Å². The SMILES string of the molecule is CN(C)c1cncc(-c2ccc3[nH]nc(-c4nc5c(-c6cccc(F)c6)nccc5[nH]4)c3c2F)c1. The van der Waals surface area contributed by atoms with E-state index in [9.17, 15) is 4.39 Å². The van der Waals surface area contributed by atoms with Crippen LogP contribution in [-0.4, -0.2) is 44.2 Å². The van der Waals surface area contributed by atoms with E-state index in [1.807, 2.05) is 25.1 Å². The molecule has 0 aliphatic heterocycles. The number of rotatable bonds is 4. The lowest BCUT2D eigenvalue weighted by Gasteiger charge is -2.13. The molecule has 0 radical (unpaired) electrons. The van der Waals surface area contributed by atoms with Crippen LogP contribution in [0.3, 0.4) is 0 Å². The zero-order chi connectivity index (χ0) is 24.1. The van der Waals surface area contributed by atoms with Crippen molar-refractivity contribution in [2.24, 2.45) is 0 Å². The molecule has 0 atom stereocenters. The first kappa shape index (κ1) is 20.9. The fraction of sp³-hybridized carbons (Fsp3) is 0.0769. The Balaban J connectivity index is 1.52. The van der Waals surface area contributed by atoms with Crippen molar-refractivity contribution in [3.05, 3.63) is 78.8 Å². The molecular weight excluding hydrogens is 448 g/mol. The number of hydrogen-bond acceptors (Lipinski definition) is 5. The van der Waals surface area contributed by atoms with Crippen molar-refractivity contribution in [1.29, 1.82) is 0 Å². The van der Waals surface area contributed by atoms with Gasteiger partial charge in [0.2, 0.25) is 0 Å². The Morgan fingerprint density at radius 2 is 1.77 bits per heavy atom. The van der Waals surface area contributed by atoms with Gasteiger partial charge in [-0.2, -0.15) is 5.10 Å². The molecule has 0 aliphatic carbocycles. The van der Waals surface area contributed by atoms with Gasteiger partial charge in [0.05, 0.1) is 34.0 Å². The van der Waals surface area contributed by atoms with E-state index < -0.39 is 5.82 Å². The summed E-state index contributed by atoms with van der Waals surface area (Å²) in [5.74, 6) is -0.404. The van der Waals surface area contributed by atoms with E-state index in [0.717, 1.165) is 5.69 Å². The largest absolute Gasteiger partial charge is 0.376 e. The highest BCUT2D eigenvalue weighted by atomic mass is 19.1. The zero-order valence-corrected chi connectivity index (χ0v) is 18.8. The van der Waals surface area contributed by atoms with Crippen LogP contribution in [0.1, 0.15) is 0 Å². The molecule has 172 valence electrons. The number of fused-ring (bicyclic) bond motifs is 2. The van der Waals surface area contributed by atoms with Crippen LogP contribution in [0.25, 0.3) is 55.8 Å². The topological polar surface area (TPSA) is 86.4 Å². The predicted molar refractivity (Wildman–Crippen MR) is 132 cm³/mol. The maximum atomic E-state index is 15.9. The average molecular weight is 467 g/mol. The Hall–Kier alpha value is -4.66. The second-order valence-corrected chi connectivity index (χ2v) is 8.40. The van der Waals surface area contributed by atoms with Gasteiger partial charge in [0, 0.05) is 43.2 Å². The number of H-pyrrole nitrogens is 2. The minimum Gasteiger partial charge on any atom is -0.376 e. The number of nitrogens with zero attached hydrogens (tertiary/aromatic N) is 5. The fourth-order valence-corrected chi connectivity index (χ4v) is 4.18. The van der Waals surface area contributed by atoms with Crippen LogP contribution in [0.2, 0.25) is 0 Å². The standard InChI is InChI=1S/C26H19F2N7/c1-35(2)17-11-15(12-29-13-17)18-6-7-19-21(22(18)28)25(34-33-19)26-31-20-8-9-30-23(24(20)32-26)14-4-3-5-16(27)10-14/h3-13H,1-2H3,(H,31,32)(H,33,34). The molecule has 0 bridgehead atoms. The van der Waals surface area contributed by atoms with E-state index in [1.54, 1.807) is 48.9 Å². The number of anilines is 1. The van der Waals surface area contributed by atoms with Crippen LogP contribution in [0.4, 0.5) is 14.5 Å². The van der Waals surface area contributed by atoms with Gasteiger partial charge >= 0.3 is 0 Å².